The number of carboxylic acid groups (broad SMARTS) is 1. The number of rotatable bonds is 5. The number of nitrogens with zero attached hydrogens (tertiary/aromatic N) is 3. The van der Waals surface area contributed by atoms with Gasteiger partial charge in [0.2, 0.25) is 5.88 Å². The molecule has 128 valence electrons. The van der Waals surface area contributed by atoms with Crippen LogP contribution in [0.4, 0.5) is 5.82 Å². The van der Waals surface area contributed by atoms with Gasteiger partial charge in [-0.25, -0.2) is 14.8 Å². The van der Waals surface area contributed by atoms with E-state index in [4.69, 9.17) is 15.2 Å². The summed E-state index contributed by atoms with van der Waals surface area (Å²) in [6.07, 6.45) is 5.15. The van der Waals surface area contributed by atoms with Crippen LogP contribution in [0.2, 0.25) is 0 Å². The Labute approximate surface area is 138 Å². The van der Waals surface area contributed by atoms with Crippen molar-refractivity contribution in [2.45, 2.75) is 44.2 Å². The molecule has 4 rings (SSSR count). The van der Waals surface area contributed by atoms with Gasteiger partial charge in [0.1, 0.15) is 30.0 Å². The van der Waals surface area contributed by atoms with Crippen molar-refractivity contribution in [2.24, 2.45) is 0 Å². The third kappa shape index (κ3) is 2.29. The van der Waals surface area contributed by atoms with E-state index in [1.54, 1.807) is 0 Å². The van der Waals surface area contributed by atoms with Crippen molar-refractivity contribution in [3.63, 3.8) is 0 Å². The number of fused-ring (bicyclic) bond motifs is 1. The first-order valence-electron chi connectivity index (χ1n) is 8.14. The summed E-state index contributed by atoms with van der Waals surface area (Å²) in [7, 11) is 0. The fraction of sp³-hybridized carbons (Fsp3) is 0.562. The van der Waals surface area contributed by atoms with Crippen LogP contribution in [0.15, 0.2) is 6.33 Å². The third-order valence-corrected chi connectivity index (χ3v) is 4.89. The van der Waals surface area contributed by atoms with E-state index in [0.717, 1.165) is 32.3 Å². The quantitative estimate of drug-likeness (QED) is 0.858. The van der Waals surface area contributed by atoms with E-state index in [2.05, 4.69) is 16.9 Å². The molecule has 2 fully saturated rings. The summed E-state index contributed by atoms with van der Waals surface area (Å²) in [6.45, 7) is 3.11. The first-order valence-corrected chi connectivity index (χ1v) is 8.14. The Bertz CT molecular complexity index is 806. The second-order valence-corrected chi connectivity index (χ2v) is 6.72. The summed E-state index contributed by atoms with van der Waals surface area (Å²) >= 11 is 0. The molecule has 0 radical (unpaired) electrons. The fourth-order valence-corrected chi connectivity index (χ4v) is 3.30. The van der Waals surface area contributed by atoms with Gasteiger partial charge in [-0.1, -0.05) is 0 Å². The molecule has 24 heavy (non-hydrogen) atoms. The van der Waals surface area contributed by atoms with Gasteiger partial charge in [-0.3, -0.25) is 4.57 Å². The molecule has 2 aliphatic rings. The van der Waals surface area contributed by atoms with Crippen molar-refractivity contribution in [1.82, 2.24) is 14.5 Å². The summed E-state index contributed by atoms with van der Waals surface area (Å²) < 4.78 is 13.4. The van der Waals surface area contributed by atoms with Gasteiger partial charge < -0.3 is 20.3 Å². The normalized spacial score (nSPS) is 22.0. The maximum atomic E-state index is 11.9. The zero-order valence-corrected chi connectivity index (χ0v) is 13.5. The van der Waals surface area contributed by atoms with Gasteiger partial charge in [0.05, 0.1) is 11.5 Å². The highest BCUT2D eigenvalue weighted by Crippen LogP contribution is 2.50. The van der Waals surface area contributed by atoms with Crippen LogP contribution < -0.4 is 10.5 Å². The Kier molecular flexibility index (Phi) is 3.38. The standard InChI is InChI=1S/C16H20N4O4/c1-16(4-5-16)20-13-10(12(17)18-8-19-13)11(15(21)22)14(20)24-7-9-3-2-6-23-9/h8-9H,2-7H2,1H3,(H,21,22)(H2,17,18,19)/t9-/m1/s1. The van der Waals surface area contributed by atoms with Crippen LogP contribution in [0, 0.1) is 0 Å². The first-order chi connectivity index (χ1) is 11.5. The van der Waals surface area contributed by atoms with Gasteiger partial charge in [-0.05, 0) is 32.6 Å². The molecule has 2 aromatic rings. The molecule has 2 aromatic heterocycles. The largest absolute Gasteiger partial charge is 0.477 e. The summed E-state index contributed by atoms with van der Waals surface area (Å²) in [5.41, 5.74) is 6.31. The monoisotopic (exact) mass is 332 g/mol. The average molecular weight is 332 g/mol. The van der Waals surface area contributed by atoms with Crippen LogP contribution in [0.5, 0.6) is 5.88 Å². The van der Waals surface area contributed by atoms with E-state index in [-0.39, 0.29) is 23.0 Å². The molecule has 0 aromatic carbocycles. The van der Waals surface area contributed by atoms with Gasteiger partial charge in [-0.15, -0.1) is 0 Å². The molecule has 1 saturated carbocycles. The van der Waals surface area contributed by atoms with E-state index >= 15 is 0 Å². The number of aromatic carboxylic acids is 1. The number of aromatic nitrogens is 3. The molecule has 1 atom stereocenters. The maximum absolute atomic E-state index is 11.9. The molecule has 0 amide bonds. The zero-order chi connectivity index (χ0) is 16.9. The van der Waals surface area contributed by atoms with E-state index in [1.807, 2.05) is 4.57 Å². The minimum Gasteiger partial charge on any atom is -0.477 e. The van der Waals surface area contributed by atoms with Crippen LogP contribution in [0.3, 0.4) is 0 Å². The molecular formula is C16H20N4O4. The summed E-state index contributed by atoms with van der Waals surface area (Å²) in [5.74, 6) is -0.630. The minimum absolute atomic E-state index is 0.00597. The third-order valence-electron chi connectivity index (χ3n) is 4.89. The lowest BCUT2D eigenvalue weighted by atomic mass is 10.2. The van der Waals surface area contributed by atoms with Crippen molar-refractivity contribution in [2.75, 3.05) is 18.9 Å². The van der Waals surface area contributed by atoms with Crippen LogP contribution >= 0.6 is 0 Å². The van der Waals surface area contributed by atoms with Crippen LogP contribution in [0.1, 0.15) is 43.0 Å². The fourth-order valence-electron chi connectivity index (χ4n) is 3.30. The molecule has 0 unspecified atom stereocenters. The smallest absolute Gasteiger partial charge is 0.342 e. The van der Waals surface area contributed by atoms with Gasteiger partial charge in [0, 0.05) is 12.1 Å². The van der Waals surface area contributed by atoms with Crippen molar-refractivity contribution in [3.8, 4) is 5.88 Å². The second kappa shape index (κ2) is 5.34. The lowest BCUT2D eigenvalue weighted by Crippen LogP contribution is -2.21. The average Bonchev–Trinajstić information content (AvgIpc) is 3.00. The van der Waals surface area contributed by atoms with Gasteiger partial charge in [-0.2, -0.15) is 0 Å². The SMILES string of the molecule is CC1(n2c(OC[C@H]3CCCO3)c(C(=O)O)c3c(N)ncnc32)CC1. The summed E-state index contributed by atoms with van der Waals surface area (Å²) in [6, 6.07) is 0. The molecule has 3 N–H and O–H groups in total. The number of ether oxygens (including phenoxy) is 2. The molecular weight excluding hydrogens is 312 g/mol. The van der Waals surface area contributed by atoms with Gasteiger partial charge in [0.15, 0.2) is 0 Å². The number of nitrogens with two attached hydrogens (primary N) is 1. The van der Waals surface area contributed by atoms with Crippen LogP contribution in [-0.2, 0) is 10.3 Å². The molecule has 8 nitrogen and oxygen atoms in total. The number of nitrogen functional groups attached to an aromatic ring is 1. The Morgan fingerprint density at radius 2 is 2.33 bits per heavy atom. The Hall–Kier alpha value is -2.35. The topological polar surface area (TPSA) is 112 Å². The minimum atomic E-state index is -1.09. The molecule has 1 aliphatic heterocycles. The number of carboxylic acids is 1. The van der Waals surface area contributed by atoms with E-state index in [9.17, 15) is 9.90 Å². The summed E-state index contributed by atoms with van der Waals surface area (Å²) in [4.78, 5) is 20.2. The molecule has 1 saturated heterocycles. The summed E-state index contributed by atoms with van der Waals surface area (Å²) in [5, 5.41) is 10.1. The Balaban J connectivity index is 1.86. The van der Waals surface area contributed by atoms with Crippen LogP contribution in [-0.4, -0.2) is 44.9 Å². The first kappa shape index (κ1) is 15.2. The maximum Gasteiger partial charge on any atom is 0.342 e. The van der Waals surface area contributed by atoms with Crippen molar-refractivity contribution < 1.29 is 19.4 Å². The molecule has 8 heteroatoms. The van der Waals surface area contributed by atoms with Gasteiger partial charge >= 0.3 is 5.97 Å². The lowest BCUT2D eigenvalue weighted by Gasteiger charge is -2.19. The molecule has 3 heterocycles. The zero-order valence-electron chi connectivity index (χ0n) is 13.5. The van der Waals surface area contributed by atoms with E-state index in [1.165, 1.54) is 6.33 Å². The predicted molar refractivity (Wildman–Crippen MR) is 86.3 cm³/mol. The van der Waals surface area contributed by atoms with Crippen molar-refractivity contribution >= 4 is 22.8 Å². The number of carbonyl (C=O) groups is 1. The highest BCUT2D eigenvalue weighted by molar-refractivity contribution is 6.09. The van der Waals surface area contributed by atoms with Crippen molar-refractivity contribution in [3.05, 3.63) is 11.9 Å². The second-order valence-electron chi connectivity index (χ2n) is 6.72. The van der Waals surface area contributed by atoms with Gasteiger partial charge in [0.25, 0.3) is 0 Å². The number of hydrogen-bond acceptors (Lipinski definition) is 6. The van der Waals surface area contributed by atoms with Crippen molar-refractivity contribution in [1.29, 1.82) is 0 Å². The van der Waals surface area contributed by atoms with E-state index < -0.39 is 5.97 Å². The molecule has 0 spiro atoms. The Morgan fingerprint density at radius 1 is 1.54 bits per heavy atom. The number of anilines is 1. The predicted octanol–water partition coefficient (Wildman–Crippen LogP) is 1.78. The highest BCUT2D eigenvalue weighted by Gasteiger charge is 2.45. The van der Waals surface area contributed by atoms with E-state index in [0.29, 0.717) is 23.5 Å². The highest BCUT2D eigenvalue weighted by atomic mass is 16.5. The molecule has 0 bridgehead atoms. The number of hydrogen-bond donors (Lipinski definition) is 2. The lowest BCUT2D eigenvalue weighted by molar-refractivity contribution is 0.0603. The van der Waals surface area contributed by atoms with Crippen LogP contribution in [0.25, 0.3) is 11.0 Å². The Morgan fingerprint density at radius 3 is 2.96 bits per heavy atom. The molecule has 1 aliphatic carbocycles.